The van der Waals surface area contributed by atoms with Crippen LogP contribution in [0.4, 0.5) is 11.4 Å². The number of nitrogens with zero attached hydrogens (tertiary/aromatic N) is 3. The van der Waals surface area contributed by atoms with E-state index in [0.717, 1.165) is 60.4 Å². The molecule has 40 heavy (non-hydrogen) atoms. The molecule has 3 amide bonds. The maximum absolute atomic E-state index is 13.8. The molecule has 0 spiro atoms. The predicted molar refractivity (Wildman–Crippen MR) is 148 cm³/mol. The molecule has 1 N–H and O–H groups in total. The van der Waals surface area contributed by atoms with Crippen LogP contribution in [0.15, 0.2) is 58.4 Å². The van der Waals surface area contributed by atoms with Crippen LogP contribution in [-0.2, 0) is 14.4 Å². The quantitative estimate of drug-likeness (QED) is 0.265. The van der Waals surface area contributed by atoms with Crippen molar-refractivity contribution in [2.24, 2.45) is 5.92 Å². The number of non-ortho nitro benzene ring substituents is 1. The number of aromatic nitrogens is 1. The second-order valence-electron chi connectivity index (χ2n) is 9.84. The van der Waals surface area contributed by atoms with E-state index in [0.29, 0.717) is 21.2 Å². The van der Waals surface area contributed by atoms with Crippen LogP contribution < -0.4 is 14.5 Å². The molecule has 4 heterocycles. The number of rotatable bonds is 6. The zero-order valence-corrected chi connectivity index (χ0v) is 22.7. The zero-order valence-electron chi connectivity index (χ0n) is 21.1. The molecule has 3 aromatic rings. The van der Waals surface area contributed by atoms with Crippen LogP contribution in [0.2, 0.25) is 0 Å². The van der Waals surface area contributed by atoms with Crippen LogP contribution in [0.25, 0.3) is 0 Å². The van der Waals surface area contributed by atoms with Crippen molar-refractivity contribution in [3.05, 3.63) is 78.8 Å². The fourth-order valence-corrected chi connectivity index (χ4v) is 8.05. The lowest BCUT2D eigenvalue weighted by Crippen LogP contribution is -2.38. The summed E-state index contributed by atoms with van der Waals surface area (Å²) in [4.78, 5) is 68.9. The molecule has 2 saturated heterocycles. The lowest BCUT2D eigenvalue weighted by molar-refractivity contribution is -0.384. The van der Waals surface area contributed by atoms with Gasteiger partial charge in [0.1, 0.15) is 11.0 Å². The highest BCUT2D eigenvalue weighted by molar-refractivity contribution is 8.00. The van der Waals surface area contributed by atoms with Crippen LogP contribution in [0.3, 0.4) is 0 Å². The van der Waals surface area contributed by atoms with E-state index in [2.05, 4.69) is 4.98 Å². The average molecular weight is 581 g/mol. The highest BCUT2D eigenvalue weighted by Gasteiger charge is 2.56. The minimum atomic E-state index is -0.808. The van der Waals surface area contributed by atoms with Crippen molar-refractivity contribution < 1.29 is 24.0 Å². The maximum Gasteiger partial charge on any atom is 0.305 e. The molecule has 0 aliphatic carbocycles. The lowest BCUT2D eigenvalue weighted by atomic mass is 9.83. The van der Waals surface area contributed by atoms with Crippen LogP contribution in [0.1, 0.15) is 35.6 Å². The monoisotopic (exact) mass is 580 g/mol. The second-order valence-corrected chi connectivity index (χ2v) is 12.0. The number of nitro benzene ring substituents is 1. The first-order valence-electron chi connectivity index (χ1n) is 12.8. The number of piperidine rings is 1. The summed E-state index contributed by atoms with van der Waals surface area (Å²) in [5, 5.41) is 10.8. The summed E-state index contributed by atoms with van der Waals surface area (Å²) in [6.45, 7) is 1.34. The third-order valence-corrected chi connectivity index (χ3v) is 9.83. The van der Waals surface area contributed by atoms with Crippen molar-refractivity contribution in [3.8, 4) is 5.75 Å². The number of nitro groups is 1. The number of H-pyrrole nitrogens is 1. The molecule has 2 unspecified atom stereocenters. The van der Waals surface area contributed by atoms with Gasteiger partial charge in [0.05, 0.1) is 21.6 Å². The third-order valence-electron chi connectivity index (χ3n) is 7.43. The summed E-state index contributed by atoms with van der Waals surface area (Å²) in [5.74, 6) is -1.94. The Labute approximate surface area is 236 Å². The average Bonchev–Trinajstić information content (AvgIpc) is 3.46. The first-order chi connectivity index (χ1) is 19.3. The molecule has 2 aromatic carbocycles. The Morgan fingerprint density at radius 3 is 2.52 bits per heavy atom. The highest BCUT2D eigenvalue weighted by Crippen LogP contribution is 2.53. The number of amides is 3. The number of nitrogens with one attached hydrogen (secondary N) is 1. The number of anilines is 1. The highest BCUT2D eigenvalue weighted by atomic mass is 32.2. The van der Waals surface area contributed by atoms with Gasteiger partial charge in [-0.3, -0.25) is 29.3 Å². The van der Waals surface area contributed by atoms with Gasteiger partial charge in [0.15, 0.2) is 6.61 Å². The summed E-state index contributed by atoms with van der Waals surface area (Å²) in [6.07, 6.45) is 3.08. The summed E-state index contributed by atoms with van der Waals surface area (Å²) in [5.41, 5.74) is 0.781. The summed E-state index contributed by atoms with van der Waals surface area (Å²) in [7, 11) is 0. The number of carbonyl (C=O) groups is 3. The van der Waals surface area contributed by atoms with E-state index in [9.17, 15) is 29.3 Å². The van der Waals surface area contributed by atoms with Gasteiger partial charge < -0.3 is 14.6 Å². The minimum Gasteiger partial charge on any atom is -0.484 e. The Balaban J connectivity index is 1.31. The van der Waals surface area contributed by atoms with Gasteiger partial charge in [-0.05, 0) is 49.1 Å². The van der Waals surface area contributed by atoms with Gasteiger partial charge in [0, 0.05) is 36.0 Å². The van der Waals surface area contributed by atoms with Crippen LogP contribution in [0, 0.1) is 16.0 Å². The number of thioether (sulfide) groups is 1. The molecule has 1 aromatic heterocycles. The smallest absolute Gasteiger partial charge is 0.305 e. The summed E-state index contributed by atoms with van der Waals surface area (Å²) < 4.78 is 5.85. The van der Waals surface area contributed by atoms with Crippen molar-refractivity contribution in [3.63, 3.8) is 0 Å². The molecule has 2 fully saturated rings. The fraction of sp³-hybridized carbons (Fsp3) is 0.333. The third kappa shape index (κ3) is 4.68. The zero-order chi connectivity index (χ0) is 28.0. The van der Waals surface area contributed by atoms with Gasteiger partial charge in [0.2, 0.25) is 11.8 Å². The molecular weight excluding hydrogens is 556 g/mol. The van der Waals surface area contributed by atoms with E-state index in [1.165, 1.54) is 24.3 Å². The Morgan fingerprint density at radius 1 is 1.05 bits per heavy atom. The van der Waals surface area contributed by atoms with Gasteiger partial charge in [0.25, 0.3) is 11.6 Å². The second kappa shape index (κ2) is 10.5. The van der Waals surface area contributed by atoms with Crippen molar-refractivity contribution in [1.82, 2.24) is 9.88 Å². The molecule has 3 aliphatic rings. The Morgan fingerprint density at radius 2 is 1.80 bits per heavy atom. The molecule has 0 saturated carbocycles. The van der Waals surface area contributed by atoms with Gasteiger partial charge in [-0.1, -0.05) is 35.2 Å². The Bertz CT molecular complexity index is 1560. The number of hydrogen-bond donors (Lipinski definition) is 1. The van der Waals surface area contributed by atoms with Gasteiger partial charge >= 0.3 is 4.87 Å². The number of thiazole rings is 1. The lowest BCUT2D eigenvalue weighted by Gasteiger charge is -2.30. The normalized spacial score (nSPS) is 22.1. The van der Waals surface area contributed by atoms with Gasteiger partial charge in [-0.15, -0.1) is 0 Å². The molecule has 0 bridgehead atoms. The number of ether oxygens (including phenoxy) is 1. The van der Waals surface area contributed by atoms with Crippen molar-refractivity contribution in [1.29, 1.82) is 0 Å². The molecule has 0 radical (unpaired) electrons. The van der Waals surface area contributed by atoms with E-state index in [1.807, 2.05) is 6.07 Å². The number of benzene rings is 2. The first kappa shape index (κ1) is 26.3. The van der Waals surface area contributed by atoms with E-state index in [-0.39, 0.29) is 28.8 Å². The van der Waals surface area contributed by atoms with E-state index >= 15 is 0 Å². The number of fused-ring (bicyclic) bond motifs is 2. The molecule has 11 nitrogen and oxygen atoms in total. The Kier molecular flexibility index (Phi) is 6.92. The predicted octanol–water partition coefficient (Wildman–Crippen LogP) is 3.53. The molecule has 3 aliphatic heterocycles. The van der Waals surface area contributed by atoms with E-state index in [1.54, 1.807) is 23.1 Å². The first-order valence-corrected chi connectivity index (χ1v) is 14.5. The number of imide groups is 1. The van der Waals surface area contributed by atoms with Crippen LogP contribution >= 0.6 is 23.1 Å². The topological polar surface area (TPSA) is 143 Å². The van der Waals surface area contributed by atoms with Crippen molar-refractivity contribution >= 4 is 52.2 Å². The Hall–Kier alpha value is -3.97. The largest absolute Gasteiger partial charge is 0.484 e. The standard InChI is InChI=1S/C27H24N4O7S2/c32-19(29-11-2-1-3-12-29)14-38-18-6-4-5-15(13-18)20-21-23(39-24-22(20)40-27(35)28-24)26(34)30(25(21)33)16-7-9-17(10-8-16)31(36)37/h4-10,13,20-21,23H,1-3,11-12,14H2,(H,28,35)/t20-,21?,23?/m1/s1. The van der Waals surface area contributed by atoms with E-state index in [4.69, 9.17) is 4.74 Å². The minimum absolute atomic E-state index is 0.0827. The molecular formula is C27H24N4O7S2. The SMILES string of the molecule is O=C(COc1cccc([C@H]2c3sc(=O)[nH]c3SC3C(=O)N(c4ccc([N+](=O)[O-])cc4)C(=O)C32)c1)N1CCCCC1. The van der Waals surface area contributed by atoms with E-state index < -0.39 is 33.8 Å². The maximum atomic E-state index is 13.8. The molecule has 3 atom stereocenters. The van der Waals surface area contributed by atoms with Gasteiger partial charge in [-0.25, -0.2) is 4.90 Å². The van der Waals surface area contributed by atoms with Crippen molar-refractivity contribution in [2.45, 2.75) is 35.5 Å². The van der Waals surface area contributed by atoms with Gasteiger partial charge in [-0.2, -0.15) is 0 Å². The number of likely N-dealkylation sites (tertiary alicyclic amines) is 1. The summed E-state index contributed by atoms with van der Waals surface area (Å²) in [6, 6.07) is 12.3. The van der Waals surface area contributed by atoms with Crippen molar-refractivity contribution in [2.75, 3.05) is 24.6 Å². The summed E-state index contributed by atoms with van der Waals surface area (Å²) >= 11 is 2.15. The van der Waals surface area contributed by atoms with Crippen LogP contribution in [-0.4, -0.2) is 57.5 Å². The number of hydrogen-bond acceptors (Lipinski definition) is 9. The molecule has 6 rings (SSSR count). The van der Waals surface area contributed by atoms with Crippen LogP contribution in [0.5, 0.6) is 5.75 Å². The fourth-order valence-electron chi connectivity index (χ4n) is 5.53. The molecule has 206 valence electrons. The molecule has 13 heteroatoms. The number of carbonyl (C=O) groups excluding carboxylic acids is 3. The number of aromatic amines is 1.